The van der Waals surface area contributed by atoms with E-state index in [1.165, 1.54) is 12.1 Å². The molecule has 9 heteroatoms. The molecular formula is C22H29ClFIN4O2. The minimum absolute atomic E-state index is 0. The van der Waals surface area contributed by atoms with Gasteiger partial charge in [-0.1, -0.05) is 29.8 Å². The summed E-state index contributed by atoms with van der Waals surface area (Å²) < 4.78 is 24.3. The first-order chi connectivity index (χ1) is 14.6. The molecule has 1 heterocycles. The summed E-state index contributed by atoms with van der Waals surface area (Å²) in [7, 11) is 3.36. The van der Waals surface area contributed by atoms with Gasteiger partial charge in [0.1, 0.15) is 11.6 Å². The first kappa shape index (κ1) is 25.6. The number of rotatable bonds is 7. The van der Waals surface area contributed by atoms with E-state index < -0.39 is 0 Å². The van der Waals surface area contributed by atoms with E-state index >= 15 is 0 Å². The van der Waals surface area contributed by atoms with Crippen LogP contribution in [0.3, 0.4) is 0 Å². The van der Waals surface area contributed by atoms with Crippen molar-refractivity contribution in [2.75, 3.05) is 47.0 Å². The van der Waals surface area contributed by atoms with E-state index in [2.05, 4.69) is 20.5 Å². The quantitative estimate of drug-likeness (QED) is 0.305. The summed E-state index contributed by atoms with van der Waals surface area (Å²) in [5, 5.41) is 7.34. The molecule has 0 spiro atoms. The molecule has 0 aliphatic carbocycles. The molecule has 1 aliphatic rings. The lowest BCUT2D eigenvalue weighted by atomic mass is 10.0. The molecule has 1 fully saturated rings. The van der Waals surface area contributed by atoms with E-state index in [9.17, 15) is 4.39 Å². The first-order valence-corrected chi connectivity index (χ1v) is 10.3. The van der Waals surface area contributed by atoms with Gasteiger partial charge in [0.05, 0.1) is 26.4 Å². The molecule has 2 aromatic carbocycles. The summed E-state index contributed by atoms with van der Waals surface area (Å²) in [6.45, 7) is 4.22. The average molecular weight is 563 g/mol. The summed E-state index contributed by atoms with van der Waals surface area (Å²) >= 11 is 6.04. The van der Waals surface area contributed by atoms with E-state index in [1.807, 2.05) is 24.3 Å². The van der Waals surface area contributed by atoms with Gasteiger partial charge in [-0.05, 0) is 29.8 Å². The normalized spacial score (nSPS) is 15.7. The van der Waals surface area contributed by atoms with Gasteiger partial charge in [0.15, 0.2) is 5.96 Å². The van der Waals surface area contributed by atoms with Crippen molar-refractivity contribution in [1.82, 2.24) is 15.5 Å². The molecule has 0 saturated carbocycles. The fraction of sp³-hybridized carbons (Fsp3) is 0.409. The van der Waals surface area contributed by atoms with Gasteiger partial charge < -0.3 is 20.1 Å². The fourth-order valence-electron chi connectivity index (χ4n) is 3.49. The van der Waals surface area contributed by atoms with Crippen molar-refractivity contribution >= 4 is 41.5 Å². The SMILES string of the molecule is CN=C(NCc1ccc(Cl)cc1OC)NCC(c1ccc(F)cc1)N1CCOCC1.I. The smallest absolute Gasteiger partial charge is 0.191 e. The monoisotopic (exact) mass is 562 g/mol. The molecule has 0 amide bonds. The van der Waals surface area contributed by atoms with Gasteiger partial charge in [0, 0.05) is 43.8 Å². The van der Waals surface area contributed by atoms with Gasteiger partial charge in [0.25, 0.3) is 0 Å². The lowest BCUT2D eigenvalue weighted by Gasteiger charge is -2.35. The van der Waals surface area contributed by atoms with Gasteiger partial charge in [0.2, 0.25) is 0 Å². The van der Waals surface area contributed by atoms with Crippen molar-refractivity contribution in [2.24, 2.45) is 4.99 Å². The number of morpholine rings is 1. The zero-order chi connectivity index (χ0) is 21.3. The zero-order valence-electron chi connectivity index (χ0n) is 17.7. The highest BCUT2D eigenvalue weighted by Crippen LogP contribution is 2.23. The van der Waals surface area contributed by atoms with Crippen LogP contribution in [0.1, 0.15) is 17.2 Å². The summed E-state index contributed by atoms with van der Waals surface area (Å²) in [4.78, 5) is 6.67. The predicted octanol–water partition coefficient (Wildman–Crippen LogP) is 3.84. The third kappa shape index (κ3) is 7.48. The summed E-state index contributed by atoms with van der Waals surface area (Å²) in [5.41, 5.74) is 2.04. The number of methoxy groups -OCH3 is 1. The van der Waals surface area contributed by atoms with Crippen molar-refractivity contribution in [2.45, 2.75) is 12.6 Å². The lowest BCUT2D eigenvalue weighted by Crippen LogP contribution is -2.46. The Kier molecular flexibility index (Phi) is 10.8. The largest absolute Gasteiger partial charge is 0.496 e. The number of nitrogens with zero attached hydrogens (tertiary/aromatic N) is 2. The van der Waals surface area contributed by atoms with Gasteiger partial charge >= 0.3 is 0 Å². The highest BCUT2D eigenvalue weighted by atomic mass is 127. The minimum Gasteiger partial charge on any atom is -0.496 e. The van der Waals surface area contributed by atoms with Gasteiger partial charge in [-0.3, -0.25) is 9.89 Å². The number of aliphatic imine (C=N–C) groups is 1. The van der Waals surface area contributed by atoms with E-state index in [4.69, 9.17) is 21.1 Å². The Bertz CT molecular complexity index is 848. The van der Waals surface area contributed by atoms with Crippen LogP contribution in [0.5, 0.6) is 5.75 Å². The predicted molar refractivity (Wildman–Crippen MR) is 133 cm³/mol. The molecule has 2 aromatic rings. The number of guanidine groups is 1. The van der Waals surface area contributed by atoms with E-state index in [0.717, 1.165) is 30.0 Å². The molecule has 1 aliphatic heterocycles. The van der Waals surface area contributed by atoms with E-state index in [0.29, 0.717) is 37.3 Å². The molecule has 0 radical (unpaired) electrons. The Morgan fingerprint density at radius 1 is 1.19 bits per heavy atom. The maximum Gasteiger partial charge on any atom is 0.191 e. The molecular weight excluding hydrogens is 534 g/mol. The van der Waals surface area contributed by atoms with Gasteiger partial charge in [-0.2, -0.15) is 0 Å². The van der Waals surface area contributed by atoms with Crippen molar-refractivity contribution in [3.8, 4) is 5.75 Å². The second-order valence-corrected chi connectivity index (χ2v) is 7.41. The van der Waals surface area contributed by atoms with Crippen molar-refractivity contribution in [3.05, 3.63) is 64.4 Å². The third-order valence-corrected chi connectivity index (χ3v) is 5.36. The van der Waals surface area contributed by atoms with Crippen LogP contribution < -0.4 is 15.4 Å². The van der Waals surface area contributed by atoms with E-state index in [1.54, 1.807) is 20.2 Å². The topological polar surface area (TPSA) is 58.1 Å². The number of nitrogens with one attached hydrogen (secondary N) is 2. The molecule has 1 unspecified atom stereocenters. The van der Waals surface area contributed by atoms with Gasteiger partial charge in [-0.25, -0.2) is 4.39 Å². The molecule has 170 valence electrons. The number of halogens is 3. The minimum atomic E-state index is -0.234. The number of hydrogen-bond donors (Lipinski definition) is 2. The molecule has 6 nitrogen and oxygen atoms in total. The lowest BCUT2D eigenvalue weighted by molar-refractivity contribution is 0.0170. The Morgan fingerprint density at radius 3 is 2.55 bits per heavy atom. The van der Waals surface area contributed by atoms with Crippen LogP contribution >= 0.6 is 35.6 Å². The molecule has 1 saturated heterocycles. The van der Waals surface area contributed by atoms with Crippen LogP contribution in [0.15, 0.2) is 47.5 Å². The Labute approximate surface area is 205 Å². The van der Waals surface area contributed by atoms with Crippen LogP contribution in [-0.2, 0) is 11.3 Å². The summed E-state index contributed by atoms with van der Waals surface area (Å²) in [6, 6.07) is 12.3. The zero-order valence-corrected chi connectivity index (χ0v) is 20.8. The Balaban J connectivity index is 0.00000341. The molecule has 0 aromatic heterocycles. The Morgan fingerprint density at radius 2 is 1.90 bits per heavy atom. The number of hydrogen-bond acceptors (Lipinski definition) is 4. The number of benzene rings is 2. The van der Waals surface area contributed by atoms with Crippen molar-refractivity contribution in [1.29, 1.82) is 0 Å². The molecule has 2 N–H and O–H groups in total. The maximum absolute atomic E-state index is 13.4. The number of ether oxygens (including phenoxy) is 2. The standard InChI is InChI=1S/C22H28ClFN4O2.HI/c1-25-22(26-14-17-3-6-18(23)13-21(17)29-2)27-15-20(28-9-11-30-12-10-28)16-4-7-19(24)8-5-16;/h3-8,13,20H,9-12,14-15H2,1-2H3,(H2,25,26,27);1H. The van der Waals surface area contributed by atoms with Crippen LogP contribution in [0.4, 0.5) is 4.39 Å². The highest BCUT2D eigenvalue weighted by Gasteiger charge is 2.23. The van der Waals surface area contributed by atoms with Crippen molar-refractivity contribution in [3.63, 3.8) is 0 Å². The van der Waals surface area contributed by atoms with Crippen molar-refractivity contribution < 1.29 is 13.9 Å². The second-order valence-electron chi connectivity index (χ2n) is 6.98. The molecule has 31 heavy (non-hydrogen) atoms. The molecule has 1 atom stereocenters. The van der Waals surface area contributed by atoms with Crippen LogP contribution in [0, 0.1) is 5.82 Å². The first-order valence-electron chi connectivity index (χ1n) is 9.95. The summed E-state index contributed by atoms with van der Waals surface area (Å²) in [6.07, 6.45) is 0. The average Bonchev–Trinajstić information content (AvgIpc) is 2.78. The van der Waals surface area contributed by atoms with Gasteiger partial charge in [-0.15, -0.1) is 24.0 Å². The van der Waals surface area contributed by atoms with E-state index in [-0.39, 0.29) is 35.8 Å². The van der Waals surface area contributed by atoms with Crippen LogP contribution in [0.2, 0.25) is 5.02 Å². The molecule has 3 rings (SSSR count). The van der Waals surface area contributed by atoms with Crippen LogP contribution in [0.25, 0.3) is 0 Å². The summed E-state index contributed by atoms with van der Waals surface area (Å²) in [5.74, 6) is 1.16. The Hall–Kier alpha value is -1.62. The maximum atomic E-state index is 13.4. The fourth-order valence-corrected chi connectivity index (χ4v) is 3.65. The second kappa shape index (κ2) is 13.0. The highest BCUT2D eigenvalue weighted by molar-refractivity contribution is 14.0. The molecule has 0 bridgehead atoms. The van der Waals surface area contributed by atoms with Crippen LogP contribution in [-0.4, -0.2) is 57.9 Å². The third-order valence-electron chi connectivity index (χ3n) is 5.12.